The van der Waals surface area contributed by atoms with Crippen LogP contribution in [0.1, 0.15) is 150 Å². The van der Waals surface area contributed by atoms with Crippen molar-refractivity contribution in [3.8, 4) is 0 Å². The molecule has 0 fully saturated rings. The Morgan fingerprint density at radius 1 is 0.360 bits per heavy atom. The summed E-state index contributed by atoms with van der Waals surface area (Å²) in [4.78, 5) is 0. The largest absolute Gasteiger partial charge is 0.0654 e. The Balaban J connectivity index is 3.27. The van der Waals surface area contributed by atoms with Crippen LogP contribution in [0.5, 0.6) is 0 Å². The van der Waals surface area contributed by atoms with E-state index in [-0.39, 0.29) is 0 Å². The molecule has 0 bridgehead atoms. The van der Waals surface area contributed by atoms with Gasteiger partial charge in [0.15, 0.2) is 0 Å². The summed E-state index contributed by atoms with van der Waals surface area (Å²) in [6, 6.07) is 0. The van der Waals surface area contributed by atoms with Crippen molar-refractivity contribution < 1.29 is 0 Å². The average Bonchev–Trinajstić information content (AvgIpc) is 2.60. The van der Waals surface area contributed by atoms with Crippen LogP contribution in [0.25, 0.3) is 0 Å². The van der Waals surface area contributed by atoms with Crippen LogP contribution in [-0.4, -0.2) is 0 Å². The molecule has 0 aromatic rings. The molecule has 0 heteroatoms. The van der Waals surface area contributed by atoms with Gasteiger partial charge in [-0.25, -0.2) is 0 Å². The van der Waals surface area contributed by atoms with Crippen LogP contribution in [-0.2, 0) is 0 Å². The summed E-state index contributed by atoms with van der Waals surface area (Å²) < 4.78 is 0. The molecule has 0 amide bonds. The second-order valence-corrected chi connectivity index (χ2v) is 8.96. The number of hydrogen-bond acceptors (Lipinski definition) is 0. The van der Waals surface area contributed by atoms with E-state index in [1.54, 1.807) is 0 Å². The second kappa shape index (κ2) is 20.3. The number of rotatable bonds is 20. The highest BCUT2D eigenvalue weighted by Gasteiger charge is 2.04. The van der Waals surface area contributed by atoms with Gasteiger partial charge >= 0.3 is 0 Å². The first kappa shape index (κ1) is 25.0. The third-order valence-electron chi connectivity index (χ3n) is 5.99. The van der Waals surface area contributed by atoms with Gasteiger partial charge < -0.3 is 0 Å². The first-order valence-electron chi connectivity index (χ1n) is 12.2. The van der Waals surface area contributed by atoms with Gasteiger partial charge in [0.2, 0.25) is 0 Å². The highest BCUT2D eigenvalue weighted by molar-refractivity contribution is 4.58. The van der Waals surface area contributed by atoms with Crippen LogP contribution in [0.2, 0.25) is 0 Å². The van der Waals surface area contributed by atoms with E-state index >= 15 is 0 Å². The maximum Gasteiger partial charge on any atom is -0.0443 e. The van der Waals surface area contributed by atoms with Crippen LogP contribution >= 0.6 is 0 Å². The molecule has 25 heavy (non-hydrogen) atoms. The molecule has 152 valence electrons. The maximum atomic E-state index is 2.48. The molecule has 0 N–H and O–H groups in total. The molecule has 0 nitrogen and oxygen atoms in total. The first-order chi connectivity index (χ1) is 12.2. The molecule has 0 aromatic heterocycles. The Hall–Kier alpha value is 0. The maximum absolute atomic E-state index is 2.48. The summed E-state index contributed by atoms with van der Waals surface area (Å²) in [6.45, 7) is 9.56. The fourth-order valence-electron chi connectivity index (χ4n) is 4.00. The van der Waals surface area contributed by atoms with Crippen molar-refractivity contribution in [1.29, 1.82) is 0 Å². The minimum Gasteiger partial charge on any atom is -0.0654 e. The van der Waals surface area contributed by atoms with Crippen molar-refractivity contribution in [1.82, 2.24) is 0 Å². The zero-order valence-corrected chi connectivity index (χ0v) is 18.6. The predicted molar refractivity (Wildman–Crippen MR) is 117 cm³/mol. The van der Waals surface area contributed by atoms with E-state index in [1.807, 2.05) is 0 Å². The van der Waals surface area contributed by atoms with Gasteiger partial charge in [0.25, 0.3) is 0 Å². The van der Waals surface area contributed by atoms with E-state index in [1.165, 1.54) is 122 Å². The molecule has 0 aliphatic carbocycles. The summed E-state index contributed by atoms with van der Waals surface area (Å²) >= 11 is 0. The van der Waals surface area contributed by atoms with Crippen molar-refractivity contribution in [2.75, 3.05) is 0 Å². The molecule has 0 saturated carbocycles. The summed E-state index contributed by atoms with van der Waals surface area (Å²) in [5.41, 5.74) is 0. The topological polar surface area (TPSA) is 0 Å². The van der Waals surface area contributed by atoms with Crippen molar-refractivity contribution in [3.05, 3.63) is 0 Å². The van der Waals surface area contributed by atoms with Gasteiger partial charge in [-0.05, 0) is 11.8 Å². The molecule has 0 aliphatic heterocycles. The number of hydrogen-bond donors (Lipinski definition) is 0. The molecule has 0 aliphatic rings. The third kappa shape index (κ3) is 20.2. The molecular weight excluding hydrogens is 300 g/mol. The minimum atomic E-state index is 0.965. The van der Waals surface area contributed by atoms with E-state index in [0.717, 1.165) is 11.8 Å². The SMILES string of the molecule is CCCCCCCCC(C)CCCCCC(C)CCCCCCCC. The lowest BCUT2D eigenvalue weighted by molar-refractivity contribution is 0.407. The lowest BCUT2D eigenvalue weighted by Gasteiger charge is -2.13. The average molecular weight is 353 g/mol. The summed E-state index contributed by atoms with van der Waals surface area (Å²) in [7, 11) is 0. The monoisotopic (exact) mass is 352 g/mol. The molecule has 0 spiro atoms. The van der Waals surface area contributed by atoms with Crippen molar-refractivity contribution in [2.45, 2.75) is 150 Å². The first-order valence-corrected chi connectivity index (χ1v) is 12.2. The van der Waals surface area contributed by atoms with Crippen LogP contribution in [0.15, 0.2) is 0 Å². The summed E-state index contributed by atoms with van der Waals surface area (Å²) in [6.07, 6.45) is 27.7. The van der Waals surface area contributed by atoms with Crippen LogP contribution in [0.3, 0.4) is 0 Å². The van der Waals surface area contributed by atoms with Gasteiger partial charge in [-0.3, -0.25) is 0 Å². The van der Waals surface area contributed by atoms with Crippen LogP contribution in [0.4, 0.5) is 0 Å². The standard InChI is InChI=1S/C25H52/c1-5-7-9-11-13-16-20-24(3)22-18-15-19-23-25(4)21-17-14-12-10-8-6-2/h24-25H,5-23H2,1-4H3. The van der Waals surface area contributed by atoms with Gasteiger partial charge in [0, 0.05) is 0 Å². The van der Waals surface area contributed by atoms with Crippen molar-refractivity contribution in [2.24, 2.45) is 11.8 Å². The van der Waals surface area contributed by atoms with Crippen LogP contribution < -0.4 is 0 Å². The van der Waals surface area contributed by atoms with Gasteiger partial charge in [0.1, 0.15) is 0 Å². The summed E-state index contributed by atoms with van der Waals surface area (Å²) in [5.74, 6) is 1.93. The van der Waals surface area contributed by atoms with E-state index in [0.29, 0.717) is 0 Å². The molecule has 0 saturated heterocycles. The third-order valence-corrected chi connectivity index (χ3v) is 5.99. The van der Waals surface area contributed by atoms with Crippen molar-refractivity contribution in [3.63, 3.8) is 0 Å². The Bertz CT molecular complexity index is 208. The molecule has 2 unspecified atom stereocenters. The molecule has 2 atom stereocenters. The Morgan fingerprint density at radius 2 is 0.600 bits per heavy atom. The number of unbranched alkanes of at least 4 members (excludes halogenated alkanes) is 12. The van der Waals surface area contributed by atoms with Gasteiger partial charge in [0.05, 0.1) is 0 Å². The van der Waals surface area contributed by atoms with E-state index in [2.05, 4.69) is 27.7 Å². The summed E-state index contributed by atoms with van der Waals surface area (Å²) in [5, 5.41) is 0. The van der Waals surface area contributed by atoms with E-state index < -0.39 is 0 Å². The van der Waals surface area contributed by atoms with Gasteiger partial charge in [-0.1, -0.05) is 150 Å². The Kier molecular flexibility index (Phi) is 20.3. The fourth-order valence-corrected chi connectivity index (χ4v) is 4.00. The quantitative estimate of drug-likeness (QED) is 0.191. The van der Waals surface area contributed by atoms with Gasteiger partial charge in [-0.15, -0.1) is 0 Å². The molecule has 0 aromatic carbocycles. The Labute approximate surface area is 161 Å². The fraction of sp³-hybridized carbons (Fsp3) is 1.00. The zero-order chi connectivity index (χ0) is 18.6. The lowest BCUT2D eigenvalue weighted by Crippen LogP contribution is -1.97. The smallest absolute Gasteiger partial charge is 0.0443 e. The second-order valence-electron chi connectivity index (χ2n) is 8.96. The van der Waals surface area contributed by atoms with Crippen LogP contribution in [0, 0.1) is 11.8 Å². The normalized spacial score (nSPS) is 13.9. The molecule has 0 radical (unpaired) electrons. The lowest BCUT2D eigenvalue weighted by atomic mass is 9.93. The molecular formula is C25H52. The van der Waals surface area contributed by atoms with Crippen molar-refractivity contribution >= 4 is 0 Å². The Morgan fingerprint density at radius 3 is 0.920 bits per heavy atom. The highest BCUT2D eigenvalue weighted by Crippen LogP contribution is 2.21. The van der Waals surface area contributed by atoms with Gasteiger partial charge in [-0.2, -0.15) is 0 Å². The molecule has 0 heterocycles. The van der Waals surface area contributed by atoms with E-state index in [4.69, 9.17) is 0 Å². The zero-order valence-electron chi connectivity index (χ0n) is 18.6. The predicted octanol–water partition coefficient (Wildman–Crippen LogP) is 9.71. The minimum absolute atomic E-state index is 0.965. The van der Waals surface area contributed by atoms with E-state index in [9.17, 15) is 0 Å². The highest BCUT2D eigenvalue weighted by atomic mass is 14.1. The molecule has 0 rings (SSSR count).